The van der Waals surface area contributed by atoms with Gasteiger partial charge in [0.2, 0.25) is 0 Å². The fourth-order valence-electron chi connectivity index (χ4n) is 11.0. The Labute approximate surface area is 423 Å². The minimum absolute atomic E-state index is 0.124. The molecule has 0 spiro atoms. The number of fused-ring (bicyclic) bond motifs is 6. The van der Waals surface area contributed by atoms with Gasteiger partial charge in [-0.1, -0.05) is 196 Å². The maximum absolute atomic E-state index is 9.07. The zero-order valence-electron chi connectivity index (χ0n) is 44.4. The Morgan fingerprint density at radius 3 is 1.45 bits per heavy atom. The zero-order chi connectivity index (χ0) is 51.8. The van der Waals surface area contributed by atoms with Crippen LogP contribution < -0.4 is 4.90 Å². The summed E-state index contributed by atoms with van der Waals surface area (Å²) in [4.78, 5) is 2.31. The molecule has 1 aliphatic rings. The molecule has 71 heavy (non-hydrogen) atoms. The summed E-state index contributed by atoms with van der Waals surface area (Å²) in [5.41, 5.74) is 20.6. The third-order valence-corrected chi connectivity index (χ3v) is 14.5. The van der Waals surface area contributed by atoms with E-state index < -0.39 is 6.04 Å². The van der Waals surface area contributed by atoms with E-state index in [4.69, 9.17) is 6.85 Å². The summed E-state index contributed by atoms with van der Waals surface area (Å²) in [6, 6.07) is 82.3. The lowest BCUT2D eigenvalue weighted by atomic mass is 9.81. The van der Waals surface area contributed by atoms with Gasteiger partial charge in [0.05, 0.1) is 17.9 Å². The van der Waals surface area contributed by atoms with Gasteiger partial charge < -0.3 is 9.47 Å². The Bertz CT molecular complexity index is 4110. The first-order chi connectivity index (χ1) is 37.0. The lowest BCUT2D eigenvalue weighted by Gasteiger charge is -2.26. The van der Waals surface area contributed by atoms with Crippen LogP contribution >= 0.6 is 0 Å². The van der Waals surface area contributed by atoms with Crippen LogP contribution in [0.15, 0.2) is 267 Å². The Kier molecular flexibility index (Phi) is 8.96. The average Bonchev–Trinajstić information content (AvgIpc) is 3.95. The third-order valence-electron chi connectivity index (χ3n) is 14.5. The Morgan fingerprint density at radius 1 is 0.352 bits per heavy atom. The fraction of sp³-hybridized carbons (Fsp3) is 0.0435. The molecule has 12 aromatic rings. The zero-order valence-corrected chi connectivity index (χ0v) is 39.4. The number of hydrogen-bond acceptors (Lipinski definition) is 1. The Hall–Kier alpha value is -8.98. The standard InChI is InChI=1S/C69H50N2/c1-69(2)64-26-14-12-23-61(64)62-42-35-52(46-65(62)69)54-43-53(44-55(45-54)60-25-16-28-67-68(60)63-24-13-15-27-66(63)71(67)56-21-10-5-11-22-56)51-33-40-59(41-34-51)70(57-36-29-49(30-37-57)47-17-6-3-7-18-47)58-38-31-50(32-39-58)48-19-8-4-9-20-48/h3-46H,1-2H3/i5D,10D,11D,21D,22D. The van der Waals surface area contributed by atoms with E-state index in [0.29, 0.717) is 0 Å². The smallest absolute Gasteiger partial charge is 0.0645 e. The summed E-state index contributed by atoms with van der Waals surface area (Å²) < 4.78 is 45.6. The quantitative estimate of drug-likeness (QED) is 0.140. The number of nitrogens with zero attached hydrogens (tertiary/aromatic N) is 2. The van der Waals surface area contributed by atoms with E-state index in [1.807, 2.05) is 47.0 Å². The van der Waals surface area contributed by atoms with Crippen LogP contribution in [0.4, 0.5) is 17.1 Å². The molecule has 0 N–H and O–H groups in total. The second-order valence-corrected chi connectivity index (χ2v) is 19.0. The molecule has 0 unspecified atom stereocenters. The number of para-hydroxylation sites is 2. The van der Waals surface area contributed by atoms with Crippen molar-refractivity contribution in [1.82, 2.24) is 4.57 Å². The molecule has 2 nitrogen and oxygen atoms in total. The highest BCUT2D eigenvalue weighted by Crippen LogP contribution is 2.50. The molecule has 0 fully saturated rings. The molecule has 0 bridgehead atoms. The van der Waals surface area contributed by atoms with E-state index in [1.54, 1.807) is 0 Å². The van der Waals surface area contributed by atoms with Gasteiger partial charge in [-0.15, -0.1) is 0 Å². The fourth-order valence-corrected chi connectivity index (χ4v) is 11.0. The van der Waals surface area contributed by atoms with Gasteiger partial charge in [0, 0.05) is 38.9 Å². The molecular weight excluding hydrogens is 857 g/mol. The van der Waals surface area contributed by atoms with E-state index in [1.165, 1.54) is 33.4 Å². The van der Waals surface area contributed by atoms with Gasteiger partial charge >= 0.3 is 0 Å². The molecule has 13 rings (SSSR count). The summed E-state index contributed by atoms with van der Waals surface area (Å²) >= 11 is 0. The summed E-state index contributed by atoms with van der Waals surface area (Å²) in [6.07, 6.45) is 0. The summed E-state index contributed by atoms with van der Waals surface area (Å²) in [5.74, 6) is 0. The molecule has 0 aliphatic heterocycles. The molecule has 0 saturated carbocycles. The molecule has 2 heteroatoms. The van der Waals surface area contributed by atoms with Gasteiger partial charge in [-0.05, 0) is 163 Å². The Balaban J connectivity index is 0.977. The molecule has 0 radical (unpaired) electrons. The minimum atomic E-state index is -0.418. The molecule has 0 atom stereocenters. The maximum atomic E-state index is 9.07. The van der Waals surface area contributed by atoms with Crippen molar-refractivity contribution in [3.05, 3.63) is 278 Å². The number of aromatic nitrogens is 1. The van der Waals surface area contributed by atoms with Crippen LogP contribution in [-0.2, 0) is 5.41 Å². The van der Waals surface area contributed by atoms with Crippen LogP contribution in [0.1, 0.15) is 31.8 Å². The molecular formula is C69H50N2. The first kappa shape index (κ1) is 37.0. The van der Waals surface area contributed by atoms with Gasteiger partial charge in [-0.25, -0.2) is 0 Å². The van der Waals surface area contributed by atoms with Gasteiger partial charge in [0.15, 0.2) is 0 Å². The highest BCUT2D eigenvalue weighted by molar-refractivity contribution is 6.16. The Morgan fingerprint density at radius 2 is 0.817 bits per heavy atom. The number of benzene rings is 11. The molecule has 11 aromatic carbocycles. The van der Waals surface area contributed by atoms with E-state index in [2.05, 4.69) is 213 Å². The molecule has 1 heterocycles. The molecule has 0 saturated heterocycles. The number of rotatable bonds is 9. The second kappa shape index (κ2) is 17.2. The molecule has 1 aliphatic carbocycles. The summed E-state index contributed by atoms with van der Waals surface area (Å²) in [6.45, 7) is 4.63. The van der Waals surface area contributed by atoms with E-state index in [-0.39, 0.29) is 35.3 Å². The van der Waals surface area contributed by atoms with Crippen LogP contribution in [0.5, 0.6) is 0 Å². The van der Waals surface area contributed by atoms with Crippen molar-refractivity contribution in [2.24, 2.45) is 0 Å². The van der Waals surface area contributed by atoms with Gasteiger partial charge in [0.1, 0.15) is 0 Å². The van der Waals surface area contributed by atoms with Crippen molar-refractivity contribution in [2.45, 2.75) is 19.3 Å². The van der Waals surface area contributed by atoms with E-state index in [0.717, 1.165) is 83.4 Å². The van der Waals surface area contributed by atoms with Crippen LogP contribution in [-0.4, -0.2) is 4.57 Å². The van der Waals surface area contributed by atoms with Crippen molar-refractivity contribution < 1.29 is 6.85 Å². The summed E-state index contributed by atoms with van der Waals surface area (Å²) in [5, 5.41) is 1.85. The average molecular weight is 912 g/mol. The largest absolute Gasteiger partial charge is 0.311 e. The van der Waals surface area contributed by atoms with Crippen molar-refractivity contribution in [1.29, 1.82) is 0 Å². The van der Waals surface area contributed by atoms with Crippen LogP contribution in [0.25, 0.3) is 94.3 Å². The van der Waals surface area contributed by atoms with Crippen molar-refractivity contribution in [3.63, 3.8) is 0 Å². The summed E-state index contributed by atoms with van der Waals surface area (Å²) in [7, 11) is 0. The lowest BCUT2D eigenvalue weighted by molar-refractivity contribution is 0.660. The topological polar surface area (TPSA) is 8.17 Å². The number of anilines is 3. The van der Waals surface area contributed by atoms with Gasteiger partial charge in [0.25, 0.3) is 0 Å². The maximum Gasteiger partial charge on any atom is 0.0645 e. The third kappa shape index (κ3) is 7.35. The van der Waals surface area contributed by atoms with Crippen molar-refractivity contribution in [2.75, 3.05) is 4.90 Å². The predicted molar refractivity (Wildman–Crippen MR) is 300 cm³/mol. The molecule has 0 amide bonds. The minimum Gasteiger partial charge on any atom is -0.311 e. The normalized spacial score (nSPS) is 13.5. The van der Waals surface area contributed by atoms with Crippen LogP contribution in [0.2, 0.25) is 0 Å². The van der Waals surface area contributed by atoms with E-state index in [9.17, 15) is 0 Å². The molecule has 1 aromatic heterocycles. The van der Waals surface area contributed by atoms with Crippen LogP contribution in [0.3, 0.4) is 0 Å². The molecule has 336 valence electrons. The monoisotopic (exact) mass is 911 g/mol. The van der Waals surface area contributed by atoms with Gasteiger partial charge in [-0.2, -0.15) is 0 Å². The predicted octanol–water partition coefficient (Wildman–Crippen LogP) is 18.9. The van der Waals surface area contributed by atoms with Gasteiger partial charge in [-0.3, -0.25) is 0 Å². The number of hydrogen-bond donors (Lipinski definition) is 0. The van der Waals surface area contributed by atoms with E-state index >= 15 is 0 Å². The van der Waals surface area contributed by atoms with Crippen molar-refractivity contribution >= 4 is 38.9 Å². The first-order valence-corrected chi connectivity index (χ1v) is 24.2. The highest BCUT2D eigenvalue weighted by Gasteiger charge is 2.35. The van der Waals surface area contributed by atoms with Crippen molar-refractivity contribution in [3.8, 4) is 72.4 Å². The SMILES string of the molecule is [2H]c1c([2H])c([2H])c(-n2c3ccccc3c3c(-c4cc(-c5ccc(N(c6ccc(-c7ccccc7)cc6)c6ccc(-c7ccccc7)cc6)cc5)cc(-c5ccc6c(c5)C(C)(C)c5ccccc5-6)c4)cccc32)c([2H])c1[2H]. The lowest BCUT2D eigenvalue weighted by Crippen LogP contribution is -2.14. The second-order valence-electron chi connectivity index (χ2n) is 19.0. The highest BCUT2D eigenvalue weighted by atomic mass is 15.1. The first-order valence-electron chi connectivity index (χ1n) is 26.7. The van der Waals surface area contributed by atoms with Crippen LogP contribution in [0, 0.1) is 0 Å².